The predicted molar refractivity (Wildman–Crippen MR) is 88.2 cm³/mol. The average Bonchev–Trinajstić information content (AvgIpc) is 2.35. The zero-order chi connectivity index (χ0) is 14.2. The van der Waals surface area contributed by atoms with Crippen LogP contribution in [-0.4, -0.2) is 9.97 Å². The van der Waals surface area contributed by atoms with Crippen molar-refractivity contribution in [2.75, 3.05) is 5.73 Å². The first-order valence-corrected chi connectivity index (χ1v) is 7.38. The van der Waals surface area contributed by atoms with Crippen molar-refractivity contribution >= 4 is 28.4 Å². The first kappa shape index (κ1) is 14.2. The molecular weight excluding hydrogens is 349 g/mol. The molecular formula is C15H18IN3. The van der Waals surface area contributed by atoms with E-state index in [1.807, 2.05) is 6.07 Å². The van der Waals surface area contributed by atoms with Crippen molar-refractivity contribution in [2.45, 2.75) is 33.6 Å². The van der Waals surface area contributed by atoms with E-state index in [1.54, 1.807) is 0 Å². The normalized spacial score (nSPS) is 11.1. The van der Waals surface area contributed by atoms with Crippen LogP contribution in [0.25, 0.3) is 11.4 Å². The fourth-order valence-corrected chi connectivity index (χ4v) is 2.74. The molecule has 0 aliphatic heterocycles. The molecule has 0 amide bonds. The lowest BCUT2D eigenvalue weighted by molar-refractivity contribution is 0.810. The quantitative estimate of drug-likeness (QED) is 0.815. The van der Waals surface area contributed by atoms with Gasteiger partial charge in [-0.2, -0.15) is 0 Å². The summed E-state index contributed by atoms with van der Waals surface area (Å²) in [7, 11) is 0. The zero-order valence-corrected chi connectivity index (χ0v) is 13.8. The third-order valence-corrected chi connectivity index (χ3v) is 4.32. The van der Waals surface area contributed by atoms with Crippen LogP contribution in [0.3, 0.4) is 0 Å². The first-order chi connectivity index (χ1) is 8.90. The van der Waals surface area contributed by atoms with Crippen LogP contribution in [-0.2, 0) is 0 Å². The van der Waals surface area contributed by atoms with Gasteiger partial charge in [0.1, 0.15) is 5.82 Å². The Balaban J connectivity index is 2.59. The van der Waals surface area contributed by atoms with Gasteiger partial charge in [0.25, 0.3) is 0 Å². The summed E-state index contributed by atoms with van der Waals surface area (Å²) in [5, 5.41) is 0. The van der Waals surface area contributed by atoms with E-state index in [0.29, 0.717) is 17.6 Å². The summed E-state index contributed by atoms with van der Waals surface area (Å²) in [6, 6.07) is 6.26. The van der Waals surface area contributed by atoms with Crippen molar-refractivity contribution in [1.82, 2.24) is 9.97 Å². The van der Waals surface area contributed by atoms with Crippen molar-refractivity contribution in [3.63, 3.8) is 0 Å². The van der Waals surface area contributed by atoms with E-state index in [-0.39, 0.29) is 0 Å². The molecule has 0 unspecified atom stereocenters. The van der Waals surface area contributed by atoms with E-state index in [0.717, 1.165) is 14.8 Å². The molecule has 3 nitrogen and oxygen atoms in total. The molecule has 1 aromatic heterocycles. The number of aromatic nitrogens is 2. The van der Waals surface area contributed by atoms with Crippen molar-refractivity contribution in [3.05, 3.63) is 38.6 Å². The van der Waals surface area contributed by atoms with Crippen molar-refractivity contribution in [3.8, 4) is 11.4 Å². The molecule has 2 N–H and O–H groups in total. The maximum atomic E-state index is 6.01. The minimum Gasteiger partial charge on any atom is -0.383 e. The van der Waals surface area contributed by atoms with E-state index in [1.165, 1.54) is 11.1 Å². The minimum absolute atomic E-state index is 0.336. The molecule has 19 heavy (non-hydrogen) atoms. The molecule has 0 spiro atoms. The topological polar surface area (TPSA) is 51.8 Å². The van der Waals surface area contributed by atoms with Crippen LogP contribution >= 0.6 is 22.6 Å². The Morgan fingerprint density at radius 2 is 1.79 bits per heavy atom. The van der Waals surface area contributed by atoms with Crippen LogP contribution in [0.1, 0.15) is 36.6 Å². The molecule has 2 rings (SSSR count). The Morgan fingerprint density at radius 1 is 1.11 bits per heavy atom. The third kappa shape index (κ3) is 2.88. The van der Waals surface area contributed by atoms with Gasteiger partial charge >= 0.3 is 0 Å². The van der Waals surface area contributed by atoms with Crippen LogP contribution in [0.4, 0.5) is 5.82 Å². The van der Waals surface area contributed by atoms with Crippen LogP contribution in [0, 0.1) is 17.4 Å². The zero-order valence-electron chi connectivity index (χ0n) is 11.7. The number of aryl methyl sites for hydroxylation is 2. The largest absolute Gasteiger partial charge is 0.383 e. The number of hydrogen-bond acceptors (Lipinski definition) is 3. The molecule has 100 valence electrons. The Hall–Kier alpha value is -1.17. The summed E-state index contributed by atoms with van der Waals surface area (Å²) < 4.78 is 0.959. The summed E-state index contributed by atoms with van der Waals surface area (Å²) in [5.41, 5.74) is 10.6. The van der Waals surface area contributed by atoms with Gasteiger partial charge in [0, 0.05) is 5.56 Å². The van der Waals surface area contributed by atoms with Crippen molar-refractivity contribution in [2.24, 2.45) is 0 Å². The molecule has 0 aliphatic rings. The molecule has 0 atom stereocenters. The lowest BCUT2D eigenvalue weighted by atomic mass is 10.1. The van der Waals surface area contributed by atoms with Gasteiger partial charge in [0.05, 0.1) is 9.26 Å². The summed E-state index contributed by atoms with van der Waals surface area (Å²) >= 11 is 2.22. The van der Waals surface area contributed by atoms with E-state index in [9.17, 15) is 0 Å². The monoisotopic (exact) mass is 367 g/mol. The van der Waals surface area contributed by atoms with Gasteiger partial charge in [0.15, 0.2) is 5.82 Å². The van der Waals surface area contributed by atoms with Crippen LogP contribution in [0.5, 0.6) is 0 Å². The highest BCUT2D eigenvalue weighted by molar-refractivity contribution is 14.1. The fourth-order valence-electron chi connectivity index (χ4n) is 1.87. The molecule has 0 saturated heterocycles. The van der Waals surface area contributed by atoms with E-state index in [2.05, 4.69) is 72.4 Å². The molecule has 4 heteroatoms. The highest BCUT2D eigenvalue weighted by Gasteiger charge is 2.14. The molecule has 1 heterocycles. The van der Waals surface area contributed by atoms with Crippen LogP contribution in [0.15, 0.2) is 18.2 Å². The second-order valence-electron chi connectivity index (χ2n) is 5.09. The van der Waals surface area contributed by atoms with E-state index in [4.69, 9.17) is 5.73 Å². The van der Waals surface area contributed by atoms with Crippen LogP contribution in [0.2, 0.25) is 0 Å². The Kier molecular flexibility index (Phi) is 4.08. The van der Waals surface area contributed by atoms with E-state index < -0.39 is 0 Å². The number of nitrogens with two attached hydrogens (primary N) is 1. The van der Waals surface area contributed by atoms with Crippen molar-refractivity contribution in [1.29, 1.82) is 0 Å². The number of nitrogen functional groups attached to an aromatic ring is 1. The average molecular weight is 367 g/mol. The minimum atomic E-state index is 0.336. The Morgan fingerprint density at radius 3 is 2.37 bits per heavy atom. The Labute approximate surface area is 127 Å². The highest BCUT2D eigenvalue weighted by atomic mass is 127. The van der Waals surface area contributed by atoms with Gasteiger partial charge in [0.2, 0.25) is 0 Å². The number of nitrogens with zero attached hydrogens (tertiary/aromatic N) is 2. The molecule has 0 aliphatic carbocycles. The summed E-state index contributed by atoms with van der Waals surface area (Å²) in [5.74, 6) is 1.61. The molecule has 0 fully saturated rings. The number of rotatable bonds is 2. The SMILES string of the molecule is Cc1ccc(-c2nc(N)c(I)c(C(C)C)n2)cc1C. The molecule has 0 radical (unpaired) electrons. The first-order valence-electron chi connectivity index (χ1n) is 6.30. The number of anilines is 1. The van der Waals surface area contributed by atoms with Gasteiger partial charge in [-0.25, -0.2) is 9.97 Å². The van der Waals surface area contributed by atoms with Gasteiger partial charge < -0.3 is 5.73 Å². The fraction of sp³-hybridized carbons (Fsp3) is 0.333. The maximum absolute atomic E-state index is 6.01. The third-order valence-electron chi connectivity index (χ3n) is 3.21. The summed E-state index contributed by atoms with van der Waals surface area (Å²) in [4.78, 5) is 9.09. The highest BCUT2D eigenvalue weighted by Crippen LogP contribution is 2.27. The maximum Gasteiger partial charge on any atom is 0.161 e. The Bertz CT molecular complexity index is 621. The summed E-state index contributed by atoms with van der Waals surface area (Å²) in [6.45, 7) is 8.43. The number of halogens is 1. The summed E-state index contributed by atoms with van der Waals surface area (Å²) in [6.07, 6.45) is 0. The molecule has 1 aromatic carbocycles. The van der Waals surface area contributed by atoms with Gasteiger partial charge in [-0.05, 0) is 59.5 Å². The van der Waals surface area contributed by atoms with Crippen molar-refractivity contribution < 1.29 is 0 Å². The lowest BCUT2D eigenvalue weighted by Gasteiger charge is -2.12. The van der Waals surface area contributed by atoms with Gasteiger partial charge in [-0.15, -0.1) is 0 Å². The smallest absolute Gasteiger partial charge is 0.161 e. The second kappa shape index (κ2) is 5.45. The molecule has 2 aromatic rings. The standard InChI is InChI=1S/C15H18IN3/c1-8(2)13-12(16)14(17)19-15(18-13)11-6-5-9(3)10(4)7-11/h5-8H,1-4H3,(H2,17,18,19). The molecule has 0 bridgehead atoms. The molecule has 0 saturated carbocycles. The van der Waals surface area contributed by atoms with Crippen LogP contribution < -0.4 is 5.73 Å². The number of benzene rings is 1. The van der Waals surface area contributed by atoms with Gasteiger partial charge in [-0.3, -0.25) is 0 Å². The van der Waals surface area contributed by atoms with E-state index >= 15 is 0 Å². The number of hydrogen-bond donors (Lipinski definition) is 1. The lowest BCUT2D eigenvalue weighted by Crippen LogP contribution is -2.06. The van der Waals surface area contributed by atoms with Gasteiger partial charge in [-0.1, -0.05) is 26.0 Å². The predicted octanol–water partition coefficient (Wildman–Crippen LogP) is 4.07. The second-order valence-corrected chi connectivity index (χ2v) is 6.16.